The Morgan fingerprint density at radius 1 is 1.10 bits per heavy atom. The highest BCUT2D eigenvalue weighted by Gasteiger charge is 2.52. The molecule has 2 aliphatic rings. The van der Waals surface area contributed by atoms with Crippen LogP contribution in [0.25, 0.3) is 0 Å². The van der Waals surface area contributed by atoms with Crippen LogP contribution in [0.1, 0.15) is 19.5 Å². The average Bonchev–Trinajstić information content (AvgIpc) is 3.03. The summed E-state index contributed by atoms with van der Waals surface area (Å²) in [5.74, 6) is -0.511. The van der Waals surface area contributed by atoms with Crippen LogP contribution in [0.15, 0.2) is 25.0 Å². The normalized spacial score (nSPS) is 28.0. The summed E-state index contributed by atoms with van der Waals surface area (Å²) in [6, 6.07) is -0.483. The summed E-state index contributed by atoms with van der Waals surface area (Å²) in [5, 5.41) is 5.99. The van der Waals surface area contributed by atoms with Gasteiger partial charge in [-0.15, -0.1) is 0 Å². The van der Waals surface area contributed by atoms with E-state index in [1.54, 1.807) is 13.8 Å². The number of nitrogens with zero attached hydrogens (tertiary/aromatic N) is 5. The zero-order chi connectivity index (χ0) is 21.4. The molecule has 0 spiro atoms. The maximum absolute atomic E-state index is 12.9. The third-order valence-corrected chi connectivity index (χ3v) is 4.63. The fourth-order valence-electron chi connectivity index (χ4n) is 3.42. The average molecular weight is 427 g/mol. The summed E-state index contributed by atoms with van der Waals surface area (Å²) in [6.07, 6.45) is -1.29. The van der Waals surface area contributed by atoms with E-state index in [1.165, 1.54) is 18.9 Å². The van der Waals surface area contributed by atoms with Gasteiger partial charge in [0.05, 0.1) is 25.0 Å². The van der Waals surface area contributed by atoms with Crippen molar-refractivity contribution in [2.75, 3.05) is 23.8 Å². The number of anilines is 2. The Morgan fingerprint density at radius 2 is 1.83 bits per heavy atom. The molecular formula is C17H20F3N7O3. The first-order valence-electron chi connectivity index (χ1n) is 9.20. The molecular weight excluding hydrogens is 407 g/mol. The quantitative estimate of drug-likeness (QED) is 0.727. The van der Waals surface area contributed by atoms with Gasteiger partial charge >= 0.3 is 6.18 Å². The second-order valence-electron chi connectivity index (χ2n) is 7.32. The Balaban J connectivity index is 1.47. The summed E-state index contributed by atoms with van der Waals surface area (Å²) < 4.78 is 56.7. The fraction of sp³-hybridized carbons (Fsp3) is 0.588. The molecule has 10 nitrogen and oxygen atoms in total. The Kier molecular flexibility index (Phi) is 5.42. The van der Waals surface area contributed by atoms with E-state index in [0.717, 1.165) is 0 Å². The van der Waals surface area contributed by atoms with Gasteiger partial charge in [-0.3, -0.25) is 4.98 Å². The van der Waals surface area contributed by atoms with Crippen LogP contribution in [0.3, 0.4) is 0 Å². The number of alkyl halides is 3. The predicted molar refractivity (Wildman–Crippen MR) is 96.3 cm³/mol. The highest BCUT2D eigenvalue weighted by molar-refractivity contribution is 5.35. The van der Waals surface area contributed by atoms with Gasteiger partial charge in [0.1, 0.15) is 36.8 Å². The van der Waals surface area contributed by atoms with Crippen LogP contribution in [0.4, 0.5) is 24.9 Å². The van der Waals surface area contributed by atoms with Gasteiger partial charge < -0.3 is 24.8 Å². The minimum absolute atomic E-state index is 0.0211. The van der Waals surface area contributed by atoms with Gasteiger partial charge in [-0.25, -0.2) is 19.9 Å². The molecule has 2 aliphatic heterocycles. The standard InChI is InChI=1S/C17H20F3N7O3/c1-16(2)29-13-9(26-12-5-21-4-11(27-12)17(18,19)20)6-28-10(14(13)30-16)3-23-15-24-7-22-8-25-15/h4-5,7-10,13-14H,3,6H2,1-2H3,(H,26,27)(H,22,23,24,25)/t9-,10+,13+,14-/m0/s1. The van der Waals surface area contributed by atoms with Crippen molar-refractivity contribution in [2.24, 2.45) is 0 Å². The number of halogens is 3. The first-order chi connectivity index (χ1) is 14.2. The van der Waals surface area contributed by atoms with Crippen molar-refractivity contribution in [3.05, 3.63) is 30.7 Å². The second-order valence-corrected chi connectivity index (χ2v) is 7.32. The van der Waals surface area contributed by atoms with Crippen molar-refractivity contribution in [2.45, 2.75) is 50.2 Å². The number of aromatic nitrogens is 5. The lowest BCUT2D eigenvalue weighted by Gasteiger charge is -2.37. The predicted octanol–water partition coefficient (Wildman–Crippen LogP) is 1.49. The van der Waals surface area contributed by atoms with E-state index >= 15 is 0 Å². The molecule has 2 fully saturated rings. The Hall–Kier alpha value is -2.64. The zero-order valence-corrected chi connectivity index (χ0v) is 16.1. The molecule has 2 aromatic heterocycles. The number of ether oxygens (including phenoxy) is 3. The summed E-state index contributed by atoms with van der Waals surface area (Å²) in [5.41, 5.74) is -1.08. The molecule has 2 N–H and O–H groups in total. The maximum Gasteiger partial charge on any atom is 0.434 e. The highest BCUT2D eigenvalue weighted by atomic mass is 19.4. The maximum atomic E-state index is 12.9. The third-order valence-electron chi connectivity index (χ3n) is 4.63. The molecule has 0 unspecified atom stereocenters. The number of hydrogen-bond donors (Lipinski definition) is 2. The van der Waals surface area contributed by atoms with Crippen LogP contribution >= 0.6 is 0 Å². The Morgan fingerprint density at radius 3 is 2.57 bits per heavy atom. The van der Waals surface area contributed by atoms with E-state index in [2.05, 4.69) is 35.6 Å². The van der Waals surface area contributed by atoms with E-state index in [4.69, 9.17) is 14.2 Å². The molecule has 4 heterocycles. The van der Waals surface area contributed by atoms with Crippen LogP contribution in [-0.4, -0.2) is 68.2 Å². The van der Waals surface area contributed by atoms with Crippen LogP contribution < -0.4 is 10.6 Å². The van der Waals surface area contributed by atoms with Gasteiger partial charge in [0.2, 0.25) is 5.95 Å². The van der Waals surface area contributed by atoms with E-state index < -0.39 is 35.9 Å². The van der Waals surface area contributed by atoms with E-state index in [1.807, 2.05) is 0 Å². The lowest BCUT2D eigenvalue weighted by molar-refractivity contribution is -0.152. The molecule has 13 heteroatoms. The number of nitrogens with one attached hydrogen (secondary N) is 2. The fourth-order valence-corrected chi connectivity index (χ4v) is 3.42. The molecule has 0 aliphatic carbocycles. The van der Waals surface area contributed by atoms with Gasteiger partial charge in [-0.05, 0) is 13.8 Å². The van der Waals surface area contributed by atoms with Crippen molar-refractivity contribution in [1.82, 2.24) is 24.9 Å². The van der Waals surface area contributed by atoms with Gasteiger partial charge in [-0.1, -0.05) is 0 Å². The third kappa shape index (κ3) is 4.57. The summed E-state index contributed by atoms with van der Waals surface area (Å²) in [7, 11) is 0. The summed E-state index contributed by atoms with van der Waals surface area (Å²) >= 11 is 0. The Bertz CT molecular complexity index is 871. The molecule has 30 heavy (non-hydrogen) atoms. The van der Waals surface area contributed by atoms with Crippen molar-refractivity contribution in [3.63, 3.8) is 0 Å². The Labute approximate surface area is 169 Å². The van der Waals surface area contributed by atoms with Gasteiger partial charge in [0.25, 0.3) is 0 Å². The molecule has 0 aromatic carbocycles. The van der Waals surface area contributed by atoms with Gasteiger partial charge in [0, 0.05) is 6.54 Å². The minimum atomic E-state index is -4.59. The molecule has 0 radical (unpaired) electrons. The monoisotopic (exact) mass is 427 g/mol. The van der Waals surface area contributed by atoms with Gasteiger partial charge in [-0.2, -0.15) is 13.2 Å². The van der Waals surface area contributed by atoms with Crippen LogP contribution in [-0.2, 0) is 20.4 Å². The van der Waals surface area contributed by atoms with E-state index in [-0.39, 0.29) is 18.5 Å². The van der Waals surface area contributed by atoms with Crippen molar-refractivity contribution in [3.8, 4) is 0 Å². The molecule has 0 amide bonds. The minimum Gasteiger partial charge on any atom is -0.371 e. The van der Waals surface area contributed by atoms with Crippen molar-refractivity contribution >= 4 is 11.8 Å². The lowest BCUT2D eigenvalue weighted by Crippen LogP contribution is -2.56. The van der Waals surface area contributed by atoms with E-state index in [9.17, 15) is 13.2 Å². The molecule has 4 rings (SSSR count). The molecule has 0 bridgehead atoms. The molecule has 4 atom stereocenters. The van der Waals surface area contributed by atoms with Crippen LogP contribution in [0, 0.1) is 0 Å². The van der Waals surface area contributed by atoms with Crippen molar-refractivity contribution in [1.29, 1.82) is 0 Å². The smallest absolute Gasteiger partial charge is 0.371 e. The lowest BCUT2D eigenvalue weighted by atomic mass is 9.98. The highest BCUT2D eigenvalue weighted by Crippen LogP contribution is 2.36. The zero-order valence-electron chi connectivity index (χ0n) is 16.1. The topological polar surface area (TPSA) is 116 Å². The molecule has 2 aromatic rings. The SMILES string of the molecule is CC1(C)O[C@@H]2[C@H](O1)[C@@H](Nc1cncc(C(F)(F)F)n1)CO[C@@H]2CNc1ncncn1. The summed E-state index contributed by atoms with van der Waals surface area (Å²) in [6.45, 7) is 4.05. The number of hydrogen-bond acceptors (Lipinski definition) is 10. The first-order valence-corrected chi connectivity index (χ1v) is 9.20. The largest absolute Gasteiger partial charge is 0.434 e. The van der Waals surface area contributed by atoms with Crippen LogP contribution in [0.5, 0.6) is 0 Å². The number of rotatable bonds is 5. The molecule has 0 saturated carbocycles. The second kappa shape index (κ2) is 7.89. The summed E-state index contributed by atoms with van der Waals surface area (Å²) in [4.78, 5) is 19.0. The van der Waals surface area contributed by atoms with E-state index in [0.29, 0.717) is 18.7 Å². The molecule has 2 saturated heterocycles. The van der Waals surface area contributed by atoms with Crippen LogP contribution in [0.2, 0.25) is 0 Å². The number of fused-ring (bicyclic) bond motifs is 1. The van der Waals surface area contributed by atoms with Crippen molar-refractivity contribution < 1.29 is 27.4 Å². The molecule has 162 valence electrons. The van der Waals surface area contributed by atoms with Gasteiger partial charge in [0.15, 0.2) is 11.5 Å². The first kappa shape index (κ1) is 20.6.